The predicted molar refractivity (Wildman–Crippen MR) is 44.4 cm³/mol. The molecule has 0 radical (unpaired) electrons. The van der Waals surface area contributed by atoms with Gasteiger partial charge >= 0.3 is 5.97 Å². The summed E-state index contributed by atoms with van der Waals surface area (Å²) in [5.74, 6) is -0.255. The number of carboxylic acid groups (broad SMARTS) is 1. The molecule has 66 valence electrons. The highest BCUT2D eigenvalue weighted by Gasteiger charge is 2.18. The minimum absolute atomic E-state index is 0.161. The van der Waals surface area contributed by atoms with Crippen molar-refractivity contribution in [3.63, 3.8) is 0 Å². The van der Waals surface area contributed by atoms with Gasteiger partial charge in [0.2, 0.25) is 0 Å². The molecule has 1 heterocycles. The Hall–Kier alpha value is -1.23. The lowest BCUT2D eigenvalue weighted by Crippen LogP contribution is -1.96. The van der Waals surface area contributed by atoms with Crippen molar-refractivity contribution in [2.75, 3.05) is 14.2 Å². The highest BCUT2D eigenvalue weighted by molar-refractivity contribution is 7.12. The van der Waals surface area contributed by atoms with Gasteiger partial charge in [-0.15, -0.1) is 11.3 Å². The second-order valence-electron chi connectivity index (χ2n) is 1.97. The van der Waals surface area contributed by atoms with Gasteiger partial charge in [0.05, 0.1) is 14.2 Å². The van der Waals surface area contributed by atoms with E-state index in [1.54, 1.807) is 5.38 Å². The second kappa shape index (κ2) is 3.44. The van der Waals surface area contributed by atoms with Gasteiger partial charge in [-0.05, 0) is 0 Å². The van der Waals surface area contributed by atoms with Crippen LogP contribution in [-0.2, 0) is 0 Å². The molecule has 0 spiro atoms. The predicted octanol–water partition coefficient (Wildman–Crippen LogP) is 1.46. The number of thiophene rings is 1. The third kappa shape index (κ3) is 1.35. The zero-order valence-electron chi connectivity index (χ0n) is 6.66. The van der Waals surface area contributed by atoms with Gasteiger partial charge in [0.25, 0.3) is 0 Å². The molecule has 0 aliphatic rings. The molecule has 1 rings (SSSR count). The maximum absolute atomic E-state index is 10.6. The summed E-state index contributed by atoms with van der Waals surface area (Å²) in [5, 5.41) is 10.3. The number of carboxylic acids is 1. The highest BCUT2D eigenvalue weighted by Crippen LogP contribution is 2.36. The lowest BCUT2D eigenvalue weighted by Gasteiger charge is -2.01. The van der Waals surface area contributed by atoms with E-state index < -0.39 is 5.97 Å². The Labute approximate surface area is 73.3 Å². The first-order chi connectivity index (χ1) is 5.70. The van der Waals surface area contributed by atoms with Crippen molar-refractivity contribution in [2.45, 2.75) is 0 Å². The minimum Gasteiger partial charge on any atom is -0.492 e. The van der Waals surface area contributed by atoms with E-state index in [4.69, 9.17) is 14.6 Å². The maximum atomic E-state index is 10.6. The summed E-state index contributed by atoms with van der Waals surface area (Å²) in [6.07, 6.45) is 0. The van der Waals surface area contributed by atoms with E-state index in [2.05, 4.69) is 0 Å². The molecule has 0 saturated carbocycles. The fourth-order valence-electron chi connectivity index (χ4n) is 0.813. The van der Waals surface area contributed by atoms with Crippen molar-refractivity contribution in [3.05, 3.63) is 10.3 Å². The fourth-order valence-corrected chi connectivity index (χ4v) is 1.63. The molecule has 0 unspecified atom stereocenters. The van der Waals surface area contributed by atoms with Crippen LogP contribution in [0, 0.1) is 0 Å². The molecular weight excluding hydrogens is 180 g/mol. The molecule has 1 N–H and O–H groups in total. The molecule has 0 fully saturated rings. The molecule has 0 aromatic carbocycles. The SMILES string of the molecule is COc1csc(C(=O)O)c1OC. The molecule has 12 heavy (non-hydrogen) atoms. The lowest BCUT2D eigenvalue weighted by molar-refractivity contribution is 0.0698. The second-order valence-corrected chi connectivity index (χ2v) is 2.85. The quantitative estimate of drug-likeness (QED) is 0.780. The number of carbonyl (C=O) groups is 1. The van der Waals surface area contributed by atoms with Crippen molar-refractivity contribution < 1.29 is 19.4 Å². The van der Waals surface area contributed by atoms with Crippen LogP contribution < -0.4 is 9.47 Å². The summed E-state index contributed by atoms with van der Waals surface area (Å²) < 4.78 is 9.76. The number of hydrogen-bond acceptors (Lipinski definition) is 4. The Morgan fingerprint density at radius 2 is 2.17 bits per heavy atom. The molecular formula is C7H8O4S. The van der Waals surface area contributed by atoms with Gasteiger partial charge in [-0.25, -0.2) is 4.79 Å². The topological polar surface area (TPSA) is 55.8 Å². The third-order valence-corrected chi connectivity index (χ3v) is 2.26. The maximum Gasteiger partial charge on any atom is 0.349 e. The van der Waals surface area contributed by atoms with Crippen LogP contribution in [0.4, 0.5) is 0 Å². The molecule has 0 amide bonds. The van der Waals surface area contributed by atoms with Crippen LogP contribution in [0.25, 0.3) is 0 Å². The average molecular weight is 188 g/mol. The monoisotopic (exact) mass is 188 g/mol. The first kappa shape index (κ1) is 8.86. The number of rotatable bonds is 3. The van der Waals surface area contributed by atoms with Crippen LogP contribution in [0.3, 0.4) is 0 Å². The van der Waals surface area contributed by atoms with E-state index >= 15 is 0 Å². The molecule has 5 heteroatoms. The molecule has 0 saturated heterocycles. The van der Waals surface area contributed by atoms with Crippen molar-refractivity contribution in [1.82, 2.24) is 0 Å². The fraction of sp³-hybridized carbons (Fsp3) is 0.286. The van der Waals surface area contributed by atoms with E-state index in [1.807, 2.05) is 0 Å². The summed E-state index contributed by atoms with van der Waals surface area (Å²) in [4.78, 5) is 10.7. The lowest BCUT2D eigenvalue weighted by atomic mass is 10.4. The van der Waals surface area contributed by atoms with Crippen molar-refractivity contribution >= 4 is 17.3 Å². The molecule has 0 aliphatic heterocycles. The van der Waals surface area contributed by atoms with Crippen LogP contribution >= 0.6 is 11.3 Å². The highest BCUT2D eigenvalue weighted by atomic mass is 32.1. The molecule has 1 aromatic rings. The summed E-state index contributed by atoms with van der Waals surface area (Å²) >= 11 is 1.08. The van der Waals surface area contributed by atoms with Crippen molar-refractivity contribution in [2.24, 2.45) is 0 Å². The molecule has 0 atom stereocenters. The number of hydrogen-bond donors (Lipinski definition) is 1. The van der Waals surface area contributed by atoms with E-state index in [0.29, 0.717) is 5.75 Å². The van der Waals surface area contributed by atoms with Gasteiger partial charge in [0, 0.05) is 5.38 Å². The average Bonchev–Trinajstić information content (AvgIpc) is 2.46. The van der Waals surface area contributed by atoms with Gasteiger partial charge in [-0.1, -0.05) is 0 Å². The zero-order chi connectivity index (χ0) is 9.14. The van der Waals surface area contributed by atoms with Gasteiger partial charge in [0.15, 0.2) is 16.4 Å². The summed E-state index contributed by atoms with van der Waals surface area (Å²) in [5.41, 5.74) is 0. The molecule has 4 nitrogen and oxygen atoms in total. The van der Waals surface area contributed by atoms with E-state index in [9.17, 15) is 4.79 Å². The van der Waals surface area contributed by atoms with Gasteiger partial charge in [-0.2, -0.15) is 0 Å². The van der Waals surface area contributed by atoms with Gasteiger partial charge in [0.1, 0.15) is 0 Å². The Morgan fingerprint density at radius 3 is 2.58 bits per heavy atom. The first-order valence-electron chi connectivity index (χ1n) is 3.13. The Balaban J connectivity index is 3.13. The first-order valence-corrected chi connectivity index (χ1v) is 4.01. The normalized spacial score (nSPS) is 9.50. The van der Waals surface area contributed by atoms with Crippen molar-refractivity contribution in [1.29, 1.82) is 0 Å². The zero-order valence-corrected chi connectivity index (χ0v) is 7.47. The minimum atomic E-state index is -1.000. The Kier molecular flexibility index (Phi) is 2.54. The van der Waals surface area contributed by atoms with Crippen molar-refractivity contribution in [3.8, 4) is 11.5 Å². The van der Waals surface area contributed by atoms with Crippen LogP contribution in [-0.4, -0.2) is 25.3 Å². The summed E-state index contributed by atoms with van der Waals surface area (Å²) in [7, 11) is 2.88. The largest absolute Gasteiger partial charge is 0.492 e. The van der Waals surface area contributed by atoms with Crippen LogP contribution in [0.15, 0.2) is 5.38 Å². The van der Waals surface area contributed by atoms with Crippen LogP contribution in [0.2, 0.25) is 0 Å². The van der Waals surface area contributed by atoms with Crippen LogP contribution in [0.1, 0.15) is 9.67 Å². The van der Waals surface area contributed by atoms with E-state index in [1.165, 1.54) is 14.2 Å². The van der Waals surface area contributed by atoms with E-state index in [-0.39, 0.29) is 10.6 Å². The molecule has 1 aromatic heterocycles. The van der Waals surface area contributed by atoms with Gasteiger partial charge < -0.3 is 14.6 Å². The van der Waals surface area contributed by atoms with Crippen LogP contribution in [0.5, 0.6) is 11.5 Å². The van der Waals surface area contributed by atoms with E-state index in [0.717, 1.165) is 11.3 Å². The molecule has 0 aliphatic carbocycles. The smallest absolute Gasteiger partial charge is 0.349 e. The molecule has 0 bridgehead atoms. The number of methoxy groups -OCH3 is 2. The third-order valence-electron chi connectivity index (χ3n) is 1.33. The summed E-state index contributed by atoms with van der Waals surface area (Å²) in [6, 6.07) is 0. The standard InChI is InChI=1S/C7H8O4S/c1-10-4-3-12-6(7(8)9)5(4)11-2/h3H,1-2H3,(H,8,9). The number of ether oxygens (including phenoxy) is 2. The summed E-state index contributed by atoms with van der Waals surface area (Å²) in [6.45, 7) is 0. The number of aromatic carboxylic acids is 1. The Bertz CT molecular complexity index is 292. The Morgan fingerprint density at radius 1 is 1.50 bits per heavy atom. The van der Waals surface area contributed by atoms with Gasteiger partial charge in [-0.3, -0.25) is 0 Å².